The lowest BCUT2D eigenvalue weighted by Gasteiger charge is -2.06. The van der Waals surface area contributed by atoms with Crippen molar-refractivity contribution < 1.29 is 9.21 Å². The van der Waals surface area contributed by atoms with Crippen LogP contribution in [0.4, 0.5) is 16.6 Å². The van der Waals surface area contributed by atoms with E-state index in [9.17, 15) is 4.79 Å². The molecule has 132 valence electrons. The Labute approximate surface area is 157 Å². The van der Waals surface area contributed by atoms with Crippen LogP contribution in [0.1, 0.15) is 6.92 Å². The highest BCUT2D eigenvalue weighted by atomic mass is 32.1. The molecule has 0 aliphatic rings. The van der Waals surface area contributed by atoms with Crippen LogP contribution in [0, 0.1) is 0 Å². The van der Waals surface area contributed by atoms with Crippen molar-refractivity contribution in [2.24, 2.45) is 0 Å². The van der Waals surface area contributed by atoms with E-state index in [0.29, 0.717) is 16.5 Å². The third kappa shape index (κ3) is 2.67. The van der Waals surface area contributed by atoms with Crippen LogP contribution >= 0.6 is 11.3 Å². The van der Waals surface area contributed by atoms with E-state index in [0.717, 1.165) is 32.4 Å². The first-order valence-electron chi connectivity index (χ1n) is 8.25. The monoisotopic (exact) mass is 375 g/mol. The summed E-state index contributed by atoms with van der Waals surface area (Å²) in [6, 6.07) is 13.5. The molecule has 1 amide bonds. The number of furan rings is 1. The van der Waals surface area contributed by atoms with E-state index in [1.165, 1.54) is 24.6 Å². The Hall–Kier alpha value is -3.52. The van der Waals surface area contributed by atoms with Gasteiger partial charge in [0.2, 0.25) is 5.91 Å². The molecule has 27 heavy (non-hydrogen) atoms. The minimum Gasteiger partial charge on any atom is -0.450 e. The molecule has 0 spiro atoms. The number of rotatable bonds is 3. The summed E-state index contributed by atoms with van der Waals surface area (Å²) in [5.74, 6) is 0.418. The number of thiazole rings is 1. The van der Waals surface area contributed by atoms with Gasteiger partial charge in [-0.05, 0) is 24.3 Å². The zero-order valence-corrected chi connectivity index (χ0v) is 15.0. The molecule has 0 atom stereocenters. The van der Waals surface area contributed by atoms with Gasteiger partial charge in [0.1, 0.15) is 22.9 Å². The van der Waals surface area contributed by atoms with E-state index in [4.69, 9.17) is 4.42 Å². The van der Waals surface area contributed by atoms with Crippen molar-refractivity contribution >= 4 is 66.2 Å². The van der Waals surface area contributed by atoms with Gasteiger partial charge < -0.3 is 15.1 Å². The molecule has 8 heteroatoms. The number of para-hydroxylation sites is 2. The van der Waals surface area contributed by atoms with Gasteiger partial charge in [-0.25, -0.2) is 15.0 Å². The molecule has 0 unspecified atom stereocenters. The zero-order chi connectivity index (χ0) is 18.4. The maximum atomic E-state index is 11.3. The van der Waals surface area contributed by atoms with Crippen molar-refractivity contribution in [2.75, 3.05) is 10.6 Å². The van der Waals surface area contributed by atoms with Crippen LogP contribution in [0.3, 0.4) is 0 Å². The Balaban J connectivity index is 1.63. The van der Waals surface area contributed by atoms with Gasteiger partial charge in [0.05, 0.1) is 10.4 Å². The molecule has 2 N–H and O–H groups in total. The van der Waals surface area contributed by atoms with Gasteiger partial charge in [-0.2, -0.15) is 0 Å². The molecule has 3 aromatic heterocycles. The summed E-state index contributed by atoms with van der Waals surface area (Å²) < 4.78 is 6.92. The fourth-order valence-corrected chi connectivity index (χ4v) is 3.93. The average Bonchev–Trinajstić information content (AvgIpc) is 3.23. The second-order valence-corrected chi connectivity index (χ2v) is 7.01. The van der Waals surface area contributed by atoms with Crippen molar-refractivity contribution in [3.05, 3.63) is 48.8 Å². The molecule has 7 nitrogen and oxygen atoms in total. The number of anilines is 3. The van der Waals surface area contributed by atoms with Crippen LogP contribution in [0.15, 0.2) is 53.2 Å². The number of carbonyl (C=O) groups excluding carboxylic acids is 1. The smallest absolute Gasteiger partial charge is 0.223 e. The number of nitrogens with zero attached hydrogens (tertiary/aromatic N) is 3. The maximum absolute atomic E-state index is 11.3. The minimum absolute atomic E-state index is 0.150. The summed E-state index contributed by atoms with van der Waals surface area (Å²) in [6.45, 7) is 1.46. The van der Waals surface area contributed by atoms with E-state index in [1.54, 1.807) is 0 Å². The Morgan fingerprint density at radius 1 is 1.07 bits per heavy atom. The first-order valence-corrected chi connectivity index (χ1v) is 9.07. The second kappa shape index (κ2) is 6.03. The van der Waals surface area contributed by atoms with E-state index in [-0.39, 0.29) is 5.91 Å². The van der Waals surface area contributed by atoms with Crippen LogP contribution in [-0.2, 0) is 4.79 Å². The molecule has 0 saturated heterocycles. The van der Waals surface area contributed by atoms with Gasteiger partial charge in [0, 0.05) is 12.3 Å². The standard InChI is InChI=1S/C19H13N5O2S/c1-10(25)22-19-24-16-12(6-4-8-14(16)27-19)23-18-17-15(20-9-21-18)11-5-2-3-7-13(11)26-17/h2-9H,1H3,(H,20,21,23)(H,22,24,25). The van der Waals surface area contributed by atoms with Crippen LogP contribution in [-0.4, -0.2) is 20.9 Å². The van der Waals surface area contributed by atoms with E-state index >= 15 is 0 Å². The first-order chi connectivity index (χ1) is 13.2. The molecule has 0 saturated carbocycles. The largest absolute Gasteiger partial charge is 0.450 e. The number of nitrogens with one attached hydrogen (secondary N) is 2. The third-order valence-electron chi connectivity index (χ3n) is 4.11. The molecule has 0 aliphatic heterocycles. The molecule has 3 heterocycles. The van der Waals surface area contributed by atoms with E-state index in [2.05, 4.69) is 25.6 Å². The van der Waals surface area contributed by atoms with Crippen molar-refractivity contribution in [2.45, 2.75) is 6.92 Å². The predicted octanol–water partition coefficient (Wildman–Crippen LogP) is 4.69. The molecular formula is C19H13N5O2S. The average molecular weight is 375 g/mol. The van der Waals surface area contributed by atoms with Crippen molar-refractivity contribution in [3.8, 4) is 0 Å². The molecule has 5 rings (SSSR count). The van der Waals surface area contributed by atoms with Crippen molar-refractivity contribution in [1.29, 1.82) is 0 Å². The molecule has 5 aromatic rings. The highest BCUT2D eigenvalue weighted by Crippen LogP contribution is 2.35. The zero-order valence-electron chi connectivity index (χ0n) is 14.2. The summed E-state index contributed by atoms with van der Waals surface area (Å²) in [5, 5.41) is 7.53. The molecule has 0 bridgehead atoms. The molecular weight excluding hydrogens is 362 g/mol. The Bertz CT molecular complexity index is 1320. The summed E-state index contributed by atoms with van der Waals surface area (Å²) >= 11 is 1.42. The predicted molar refractivity (Wildman–Crippen MR) is 107 cm³/mol. The molecule has 0 aliphatic carbocycles. The third-order valence-corrected chi connectivity index (χ3v) is 5.05. The van der Waals surface area contributed by atoms with Gasteiger partial charge in [0.15, 0.2) is 16.5 Å². The maximum Gasteiger partial charge on any atom is 0.223 e. The fraction of sp³-hybridized carbons (Fsp3) is 0.0526. The lowest BCUT2D eigenvalue weighted by atomic mass is 10.2. The number of fused-ring (bicyclic) bond motifs is 4. The summed E-state index contributed by atoms with van der Waals surface area (Å²) in [6.07, 6.45) is 1.51. The Kier molecular flexibility index (Phi) is 3.51. The lowest BCUT2D eigenvalue weighted by Crippen LogP contribution is -2.04. The molecule has 0 radical (unpaired) electrons. The highest BCUT2D eigenvalue weighted by molar-refractivity contribution is 7.22. The van der Waals surface area contributed by atoms with Crippen LogP contribution < -0.4 is 10.6 Å². The second-order valence-electron chi connectivity index (χ2n) is 5.98. The van der Waals surface area contributed by atoms with E-state index < -0.39 is 0 Å². The fourth-order valence-electron chi connectivity index (χ4n) is 2.99. The van der Waals surface area contributed by atoms with Crippen molar-refractivity contribution in [3.63, 3.8) is 0 Å². The number of benzene rings is 2. The van der Waals surface area contributed by atoms with Gasteiger partial charge in [0.25, 0.3) is 0 Å². The minimum atomic E-state index is -0.150. The van der Waals surface area contributed by atoms with Crippen LogP contribution in [0.25, 0.3) is 32.3 Å². The number of aromatic nitrogens is 3. The van der Waals surface area contributed by atoms with Gasteiger partial charge >= 0.3 is 0 Å². The topological polar surface area (TPSA) is 92.9 Å². The van der Waals surface area contributed by atoms with Crippen LogP contribution in [0.5, 0.6) is 0 Å². The number of hydrogen-bond donors (Lipinski definition) is 2. The number of amides is 1. The Morgan fingerprint density at radius 3 is 2.85 bits per heavy atom. The Morgan fingerprint density at radius 2 is 1.96 bits per heavy atom. The summed E-state index contributed by atoms with van der Waals surface area (Å²) in [7, 11) is 0. The van der Waals surface area contributed by atoms with Crippen molar-refractivity contribution in [1.82, 2.24) is 15.0 Å². The molecule has 0 fully saturated rings. The lowest BCUT2D eigenvalue weighted by molar-refractivity contribution is -0.114. The number of hydrogen-bond acceptors (Lipinski definition) is 7. The van der Waals surface area contributed by atoms with Gasteiger partial charge in [-0.15, -0.1) is 0 Å². The SMILES string of the molecule is CC(=O)Nc1nc2c(Nc3ncnc4c3oc3ccccc34)cccc2s1. The van der Waals surface area contributed by atoms with Gasteiger partial charge in [-0.1, -0.05) is 29.5 Å². The summed E-state index contributed by atoms with van der Waals surface area (Å²) in [5.41, 5.74) is 3.64. The summed E-state index contributed by atoms with van der Waals surface area (Å²) in [4.78, 5) is 24.5. The van der Waals surface area contributed by atoms with Gasteiger partial charge in [-0.3, -0.25) is 4.79 Å². The quantitative estimate of drug-likeness (QED) is 0.475. The molecule has 2 aromatic carbocycles. The number of carbonyl (C=O) groups is 1. The highest BCUT2D eigenvalue weighted by Gasteiger charge is 2.15. The van der Waals surface area contributed by atoms with E-state index in [1.807, 2.05) is 42.5 Å². The van der Waals surface area contributed by atoms with Crippen LogP contribution in [0.2, 0.25) is 0 Å². The first kappa shape index (κ1) is 15.7. The normalized spacial score (nSPS) is 11.3.